The first-order valence-corrected chi connectivity index (χ1v) is 7.99. The van der Waals surface area contributed by atoms with E-state index in [1.165, 1.54) is 0 Å². The quantitative estimate of drug-likeness (QED) is 0.753. The highest BCUT2D eigenvalue weighted by Gasteiger charge is 2.26. The second-order valence-corrected chi connectivity index (χ2v) is 7.47. The predicted molar refractivity (Wildman–Crippen MR) is 63.0 cm³/mol. The maximum atomic E-state index is 11.2. The fourth-order valence-corrected chi connectivity index (χ4v) is 4.15. The van der Waals surface area contributed by atoms with Gasteiger partial charge in [-0.25, -0.2) is 8.42 Å². The summed E-state index contributed by atoms with van der Waals surface area (Å²) in [5, 5.41) is 12.8. The van der Waals surface area contributed by atoms with Crippen LogP contribution in [-0.4, -0.2) is 43.7 Å². The Bertz CT molecular complexity index is 314. The van der Waals surface area contributed by atoms with Gasteiger partial charge in [0.15, 0.2) is 0 Å². The molecule has 2 rings (SSSR count). The van der Waals surface area contributed by atoms with E-state index >= 15 is 0 Å². The summed E-state index contributed by atoms with van der Waals surface area (Å²) in [4.78, 5) is 0. The van der Waals surface area contributed by atoms with Crippen LogP contribution in [0, 0.1) is 5.92 Å². The van der Waals surface area contributed by atoms with Gasteiger partial charge in [-0.15, -0.1) is 0 Å². The highest BCUT2D eigenvalue weighted by atomic mass is 32.2. The van der Waals surface area contributed by atoms with Gasteiger partial charge in [-0.1, -0.05) is 0 Å². The summed E-state index contributed by atoms with van der Waals surface area (Å²) in [5.74, 6) is 1.24. The van der Waals surface area contributed by atoms with Gasteiger partial charge in [0.25, 0.3) is 0 Å². The lowest BCUT2D eigenvalue weighted by Crippen LogP contribution is -2.39. The minimum atomic E-state index is -2.74. The van der Waals surface area contributed by atoms with Crippen molar-refractivity contribution in [3.63, 3.8) is 0 Å². The van der Waals surface area contributed by atoms with Gasteiger partial charge in [-0.2, -0.15) is 0 Å². The molecule has 4 nitrogen and oxygen atoms in total. The Hall–Kier alpha value is -0.130. The highest BCUT2D eigenvalue weighted by molar-refractivity contribution is 7.91. The van der Waals surface area contributed by atoms with Crippen molar-refractivity contribution in [2.24, 2.45) is 5.92 Å². The maximum absolute atomic E-state index is 11.2. The molecule has 0 aromatic carbocycles. The third-order valence-corrected chi connectivity index (χ3v) is 5.48. The Morgan fingerprint density at radius 3 is 2.38 bits per heavy atom. The van der Waals surface area contributed by atoms with E-state index in [0.29, 0.717) is 23.5 Å². The van der Waals surface area contributed by atoms with Crippen LogP contribution in [0.5, 0.6) is 0 Å². The van der Waals surface area contributed by atoms with Gasteiger partial charge in [0.05, 0.1) is 17.6 Å². The first-order chi connectivity index (χ1) is 7.55. The van der Waals surface area contributed by atoms with Crippen molar-refractivity contribution < 1.29 is 13.5 Å². The fraction of sp³-hybridized carbons (Fsp3) is 1.00. The van der Waals surface area contributed by atoms with E-state index in [1.807, 2.05) is 0 Å². The molecular formula is C11H21NO3S. The average Bonchev–Trinajstić information content (AvgIpc) is 2.63. The molecule has 1 saturated carbocycles. The number of hydrogen-bond donors (Lipinski definition) is 2. The molecule has 5 heteroatoms. The lowest BCUT2D eigenvalue weighted by atomic mass is 10.1. The van der Waals surface area contributed by atoms with Gasteiger partial charge in [0.2, 0.25) is 0 Å². The molecule has 0 aromatic heterocycles. The van der Waals surface area contributed by atoms with Gasteiger partial charge in [-0.3, -0.25) is 0 Å². The van der Waals surface area contributed by atoms with Crippen molar-refractivity contribution in [3.8, 4) is 0 Å². The SMILES string of the molecule is O=S1(=O)CCC(NCC2CCC(O)C2)CC1. The van der Waals surface area contributed by atoms with E-state index in [-0.39, 0.29) is 6.10 Å². The van der Waals surface area contributed by atoms with E-state index in [0.717, 1.165) is 38.6 Å². The van der Waals surface area contributed by atoms with Crippen LogP contribution in [0.25, 0.3) is 0 Å². The number of sulfone groups is 1. The van der Waals surface area contributed by atoms with Crippen LogP contribution in [0.4, 0.5) is 0 Å². The van der Waals surface area contributed by atoms with Gasteiger partial charge in [0, 0.05) is 6.04 Å². The van der Waals surface area contributed by atoms with Crippen LogP contribution in [0.3, 0.4) is 0 Å². The Kier molecular flexibility index (Phi) is 3.87. The van der Waals surface area contributed by atoms with E-state index in [1.54, 1.807) is 0 Å². The van der Waals surface area contributed by atoms with Crippen LogP contribution >= 0.6 is 0 Å². The summed E-state index contributed by atoms with van der Waals surface area (Å²) in [6, 6.07) is 0.362. The first kappa shape index (κ1) is 12.3. The summed E-state index contributed by atoms with van der Waals surface area (Å²) in [7, 11) is -2.74. The summed E-state index contributed by atoms with van der Waals surface area (Å²) in [6.07, 6.45) is 4.30. The monoisotopic (exact) mass is 247 g/mol. The summed E-state index contributed by atoms with van der Waals surface area (Å²) < 4.78 is 22.5. The van der Waals surface area contributed by atoms with Crippen molar-refractivity contribution >= 4 is 9.84 Å². The van der Waals surface area contributed by atoms with Gasteiger partial charge in [0.1, 0.15) is 9.84 Å². The largest absolute Gasteiger partial charge is 0.393 e. The minimum absolute atomic E-state index is 0.112. The minimum Gasteiger partial charge on any atom is -0.393 e. The third kappa shape index (κ3) is 3.43. The molecule has 2 N–H and O–H groups in total. The van der Waals surface area contributed by atoms with Crippen LogP contribution in [0.1, 0.15) is 32.1 Å². The Morgan fingerprint density at radius 2 is 1.81 bits per heavy atom. The van der Waals surface area contributed by atoms with Crippen molar-refractivity contribution in [2.45, 2.75) is 44.2 Å². The van der Waals surface area contributed by atoms with E-state index in [4.69, 9.17) is 0 Å². The molecule has 2 unspecified atom stereocenters. The fourth-order valence-electron chi connectivity index (χ4n) is 2.66. The molecule has 1 heterocycles. The summed E-state index contributed by atoms with van der Waals surface area (Å²) in [6.45, 7) is 0.932. The molecular weight excluding hydrogens is 226 g/mol. The lowest BCUT2D eigenvalue weighted by molar-refractivity contribution is 0.177. The van der Waals surface area contributed by atoms with Crippen LogP contribution in [-0.2, 0) is 9.84 Å². The average molecular weight is 247 g/mol. The molecule has 0 amide bonds. The van der Waals surface area contributed by atoms with Crippen LogP contribution < -0.4 is 5.32 Å². The second kappa shape index (κ2) is 5.02. The smallest absolute Gasteiger partial charge is 0.150 e. The number of aliphatic hydroxyl groups is 1. The zero-order chi connectivity index (χ0) is 11.6. The highest BCUT2D eigenvalue weighted by Crippen LogP contribution is 2.25. The molecule has 94 valence electrons. The van der Waals surface area contributed by atoms with E-state index < -0.39 is 9.84 Å². The number of aliphatic hydroxyl groups excluding tert-OH is 1. The lowest BCUT2D eigenvalue weighted by Gasteiger charge is -2.24. The molecule has 1 aliphatic heterocycles. The van der Waals surface area contributed by atoms with Crippen molar-refractivity contribution in [1.82, 2.24) is 5.32 Å². The van der Waals surface area contributed by atoms with Gasteiger partial charge >= 0.3 is 0 Å². The zero-order valence-electron chi connectivity index (χ0n) is 9.56. The molecule has 2 aliphatic rings. The number of nitrogens with one attached hydrogen (secondary N) is 1. The van der Waals surface area contributed by atoms with Gasteiger partial charge in [-0.05, 0) is 44.6 Å². The predicted octanol–water partition coefficient (Wildman–Crippen LogP) is 0.314. The number of rotatable bonds is 3. The van der Waals surface area contributed by atoms with Crippen LogP contribution in [0.2, 0.25) is 0 Å². The van der Waals surface area contributed by atoms with Crippen molar-refractivity contribution in [2.75, 3.05) is 18.1 Å². The second-order valence-electron chi connectivity index (χ2n) is 5.17. The molecule has 0 bridgehead atoms. The normalized spacial score (nSPS) is 35.3. The van der Waals surface area contributed by atoms with Gasteiger partial charge < -0.3 is 10.4 Å². The Balaban J connectivity index is 1.68. The van der Waals surface area contributed by atoms with Crippen molar-refractivity contribution in [1.29, 1.82) is 0 Å². The van der Waals surface area contributed by atoms with E-state index in [2.05, 4.69) is 5.32 Å². The molecule has 0 aromatic rings. The molecule has 0 spiro atoms. The molecule has 0 radical (unpaired) electrons. The Labute approximate surface area is 97.3 Å². The molecule has 16 heavy (non-hydrogen) atoms. The Morgan fingerprint density at radius 1 is 1.12 bits per heavy atom. The van der Waals surface area contributed by atoms with E-state index in [9.17, 15) is 13.5 Å². The zero-order valence-corrected chi connectivity index (χ0v) is 10.4. The maximum Gasteiger partial charge on any atom is 0.150 e. The first-order valence-electron chi connectivity index (χ1n) is 6.17. The third-order valence-electron chi connectivity index (χ3n) is 3.76. The molecule has 2 atom stereocenters. The summed E-state index contributed by atoms with van der Waals surface area (Å²) >= 11 is 0. The van der Waals surface area contributed by atoms with Crippen LogP contribution in [0.15, 0.2) is 0 Å². The molecule has 1 aliphatic carbocycles. The summed E-state index contributed by atoms with van der Waals surface area (Å²) in [5.41, 5.74) is 0. The molecule has 2 fully saturated rings. The topological polar surface area (TPSA) is 66.4 Å². The van der Waals surface area contributed by atoms with Crippen molar-refractivity contribution in [3.05, 3.63) is 0 Å². The molecule has 1 saturated heterocycles. The standard InChI is InChI=1S/C11H21NO3S/c13-11-2-1-9(7-11)8-12-10-3-5-16(14,15)6-4-10/h9-13H,1-8H2. The number of hydrogen-bond acceptors (Lipinski definition) is 4.